The minimum atomic E-state index is 0.0857. The lowest BCUT2D eigenvalue weighted by atomic mass is 10.0. The van der Waals surface area contributed by atoms with Gasteiger partial charge in [0.2, 0.25) is 0 Å². The minimum absolute atomic E-state index is 0.0857. The van der Waals surface area contributed by atoms with Gasteiger partial charge in [-0.05, 0) is 43.2 Å². The number of benzene rings is 2. The molecule has 0 spiro atoms. The summed E-state index contributed by atoms with van der Waals surface area (Å²) in [6, 6.07) is 15.5. The molecule has 1 aromatic heterocycles. The van der Waals surface area contributed by atoms with Gasteiger partial charge in [-0.2, -0.15) is 0 Å². The maximum absolute atomic E-state index is 13.8. The van der Waals surface area contributed by atoms with Gasteiger partial charge in [0.1, 0.15) is 0 Å². The summed E-state index contributed by atoms with van der Waals surface area (Å²) in [5.41, 5.74) is 3.16. The van der Waals surface area contributed by atoms with Crippen LogP contribution in [-0.2, 0) is 0 Å². The molecule has 33 heavy (non-hydrogen) atoms. The van der Waals surface area contributed by atoms with Crippen LogP contribution in [0.4, 0.5) is 0 Å². The van der Waals surface area contributed by atoms with Crippen molar-refractivity contribution in [3.8, 4) is 22.8 Å². The number of carbonyl (C=O) groups is 1. The lowest BCUT2D eigenvalue weighted by molar-refractivity contribution is 0.0751. The number of aromatic nitrogens is 1. The third kappa shape index (κ3) is 6.04. The van der Waals surface area contributed by atoms with Crippen LogP contribution in [0.15, 0.2) is 48.5 Å². The van der Waals surface area contributed by atoms with Crippen molar-refractivity contribution >= 4 is 16.8 Å². The summed E-state index contributed by atoms with van der Waals surface area (Å²) in [5, 5.41) is 0.891. The van der Waals surface area contributed by atoms with E-state index in [-0.39, 0.29) is 5.91 Å². The molecule has 5 heteroatoms. The highest BCUT2D eigenvalue weighted by atomic mass is 16.5. The maximum Gasteiger partial charge on any atom is 0.254 e. The number of nitrogens with zero attached hydrogens (tertiary/aromatic N) is 2. The summed E-state index contributed by atoms with van der Waals surface area (Å²) >= 11 is 0. The van der Waals surface area contributed by atoms with E-state index in [2.05, 4.69) is 13.8 Å². The number of fused-ring (bicyclic) bond motifs is 1. The average Bonchev–Trinajstić information content (AvgIpc) is 2.86. The van der Waals surface area contributed by atoms with Gasteiger partial charge < -0.3 is 14.4 Å². The second-order valence-electron chi connectivity index (χ2n) is 8.35. The van der Waals surface area contributed by atoms with E-state index >= 15 is 0 Å². The molecule has 0 atom stereocenters. The summed E-state index contributed by atoms with van der Waals surface area (Å²) in [6.07, 6.45) is 6.59. The van der Waals surface area contributed by atoms with Crippen LogP contribution >= 0.6 is 0 Å². The fourth-order valence-electron chi connectivity index (χ4n) is 4.09. The zero-order valence-corrected chi connectivity index (χ0v) is 20.4. The zero-order chi connectivity index (χ0) is 23.6. The third-order valence-corrected chi connectivity index (χ3v) is 5.98. The van der Waals surface area contributed by atoms with E-state index < -0.39 is 0 Å². The fraction of sp³-hybridized carbons (Fsp3) is 0.429. The predicted molar refractivity (Wildman–Crippen MR) is 135 cm³/mol. The number of rotatable bonds is 12. The van der Waals surface area contributed by atoms with E-state index in [0.29, 0.717) is 17.1 Å². The first-order chi connectivity index (χ1) is 16.1. The van der Waals surface area contributed by atoms with Crippen molar-refractivity contribution in [2.24, 2.45) is 0 Å². The van der Waals surface area contributed by atoms with E-state index in [1.165, 1.54) is 0 Å². The molecule has 0 aliphatic rings. The molecule has 0 bridgehead atoms. The Morgan fingerprint density at radius 1 is 0.848 bits per heavy atom. The number of ether oxygens (including phenoxy) is 2. The summed E-state index contributed by atoms with van der Waals surface area (Å²) in [7, 11) is 3.24. The van der Waals surface area contributed by atoms with Crippen LogP contribution in [0, 0.1) is 0 Å². The number of carbonyl (C=O) groups excluding carboxylic acids is 1. The minimum Gasteiger partial charge on any atom is -0.493 e. The lowest BCUT2D eigenvalue weighted by Gasteiger charge is -2.24. The average molecular weight is 449 g/mol. The highest BCUT2D eigenvalue weighted by Crippen LogP contribution is 2.33. The molecule has 1 amide bonds. The van der Waals surface area contributed by atoms with Gasteiger partial charge in [-0.3, -0.25) is 4.79 Å². The quantitative estimate of drug-likeness (QED) is 0.288. The number of pyridine rings is 1. The van der Waals surface area contributed by atoms with Gasteiger partial charge >= 0.3 is 0 Å². The van der Waals surface area contributed by atoms with Crippen molar-refractivity contribution in [2.75, 3.05) is 27.3 Å². The smallest absolute Gasteiger partial charge is 0.254 e. The largest absolute Gasteiger partial charge is 0.493 e. The van der Waals surface area contributed by atoms with Gasteiger partial charge in [0.15, 0.2) is 11.5 Å². The molecule has 5 nitrogen and oxygen atoms in total. The van der Waals surface area contributed by atoms with Crippen molar-refractivity contribution in [1.29, 1.82) is 0 Å². The second kappa shape index (κ2) is 12.2. The van der Waals surface area contributed by atoms with Crippen LogP contribution in [0.25, 0.3) is 22.2 Å². The zero-order valence-electron chi connectivity index (χ0n) is 20.4. The van der Waals surface area contributed by atoms with Crippen molar-refractivity contribution in [2.45, 2.75) is 52.4 Å². The Morgan fingerprint density at radius 2 is 1.52 bits per heavy atom. The number of unbranched alkanes of at least 4 members (excludes halogenated alkanes) is 4. The molecule has 3 aromatic rings. The first kappa shape index (κ1) is 24.6. The van der Waals surface area contributed by atoms with E-state index in [1.54, 1.807) is 14.2 Å². The van der Waals surface area contributed by atoms with Gasteiger partial charge in [-0.1, -0.05) is 57.7 Å². The second-order valence-corrected chi connectivity index (χ2v) is 8.35. The van der Waals surface area contributed by atoms with Gasteiger partial charge in [0.25, 0.3) is 5.91 Å². The highest BCUT2D eigenvalue weighted by molar-refractivity contribution is 6.07. The van der Waals surface area contributed by atoms with Crippen molar-refractivity contribution in [3.05, 3.63) is 54.1 Å². The van der Waals surface area contributed by atoms with Crippen LogP contribution in [0.5, 0.6) is 11.5 Å². The molecule has 0 fully saturated rings. The predicted octanol–water partition coefficient (Wildman–Crippen LogP) is 6.74. The Labute approximate surface area is 197 Å². The molecule has 0 N–H and O–H groups in total. The highest BCUT2D eigenvalue weighted by Gasteiger charge is 2.20. The van der Waals surface area contributed by atoms with Crippen LogP contribution in [0.1, 0.15) is 62.7 Å². The normalized spacial score (nSPS) is 10.9. The van der Waals surface area contributed by atoms with E-state index in [4.69, 9.17) is 14.5 Å². The van der Waals surface area contributed by atoms with Gasteiger partial charge in [-0.25, -0.2) is 4.98 Å². The Kier molecular flexibility index (Phi) is 9.11. The summed E-state index contributed by atoms with van der Waals surface area (Å²) < 4.78 is 10.9. The molecule has 176 valence electrons. The van der Waals surface area contributed by atoms with Crippen LogP contribution in [-0.4, -0.2) is 43.1 Å². The number of amides is 1. The first-order valence-corrected chi connectivity index (χ1v) is 12.0. The van der Waals surface area contributed by atoms with Crippen LogP contribution in [0.3, 0.4) is 0 Å². The summed E-state index contributed by atoms with van der Waals surface area (Å²) in [5.74, 6) is 1.39. The Bertz CT molecular complexity index is 1050. The molecular weight excluding hydrogens is 412 g/mol. The number of methoxy groups -OCH3 is 2. The summed E-state index contributed by atoms with van der Waals surface area (Å²) in [6.45, 7) is 5.96. The lowest BCUT2D eigenvalue weighted by Crippen LogP contribution is -2.33. The molecular formula is C28H36N2O3. The Hall–Kier alpha value is -3.08. The van der Waals surface area contributed by atoms with Gasteiger partial charge in [0.05, 0.1) is 31.0 Å². The summed E-state index contributed by atoms with van der Waals surface area (Å²) in [4.78, 5) is 20.7. The maximum atomic E-state index is 13.8. The molecule has 1 heterocycles. The van der Waals surface area contributed by atoms with Crippen molar-refractivity contribution in [1.82, 2.24) is 9.88 Å². The molecule has 0 saturated heterocycles. The SMILES string of the molecule is CCCCCN(CCCCC)C(=O)c1cc(-c2ccc(OC)c(OC)c2)nc2ccccc12. The van der Waals surface area contributed by atoms with Crippen molar-refractivity contribution in [3.63, 3.8) is 0 Å². The fourth-order valence-corrected chi connectivity index (χ4v) is 4.09. The molecule has 3 rings (SSSR count). The molecule has 0 aliphatic heterocycles. The van der Waals surface area contributed by atoms with Crippen molar-refractivity contribution < 1.29 is 14.3 Å². The topological polar surface area (TPSA) is 51.7 Å². The van der Waals surface area contributed by atoms with E-state index in [1.807, 2.05) is 53.4 Å². The monoisotopic (exact) mass is 448 g/mol. The molecule has 0 radical (unpaired) electrons. The van der Waals surface area contributed by atoms with Gasteiger partial charge in [-0.15, -0.1) is 0 Å². The first-order valence-electron chi connectivity index (χ1n) is 12.0. The molecule has 0 aliphatic carbocycles. The number of hydrogen-bond acceptors (Lipinski definition) is 4. The number of para-hydroxylation sites is 1. The molecule has 0 saturated carbocycles. The Balaban J connectivity index is 2.04. The molecule has 0 unspecified atom stereocenters. The van der Waals surface area contributed by atoms with Gasteiger partial charge in [0, 0.05) is 24.0 Å². The Morgan fingerprint density at radius 3 is 2.15 bits per heavy atom. The van der Waals surface area contributed by atoms with Crippen LogP contribution < -0.4 is 9.47 Å². The standard InChI is InChI=1S/C28H36N2O3/c1-5-7-11-17-30(18-12-8-6-2)28(31)23-20-25(29-24-14-10-9-13-22(23)24)21-15-16-26(32-3)27(19-21)33-4/h9-10,13-16,19-20H,5-8,11-12,17-18H2,1-4H3. The van der Waals surface area contributed by atoms with Crippen LogP contribution in [0.2, 0.25) is 0 Å². The third-order valence-electron chi connectivity index (χ3n) is 5.98. The molecule has 2 aromatic carbocycles. The van der Waals surface area contributed by atoms with E-state index in [0.717, 1.165) is 73.8 Å². The number of hydrogen-bond donors (Lipinski definition) is 0. The van der Waals surface area contributed by atoms with E-state index in [9.17, 15) is 4.79 Å².